The molecular weight excluding hydrogens is 311 g/mol. The predicted octanol–water partition coefficient (Wildman–Crippen LogP) is 5.73. The summed E-state index contributed by atoms with van der Waals surface area (Å²) in [4.78, 5) is 0. The lowest BCUT2D eigenvalue weighted by Gasteiger charge is -2.27. The topological polar surface area (TPSA) is 0 Å². The van der Waals surface area contributed by atoms with Crippen LogP contribution in [0.5, 0.6) is 0 Å². The summed E-state index contributed by atoms with van der Waals surface area (Å²) in [7, 11) is 0. The molecule has 0 heterocycles. The molecule has 0 atom stereocenters. The molecule has 1 aromatic rings. The molecule has 0 N–H and O–H groups in total. The van der Waals surface area contributed by atoms with Crippen LogP contribution in [-0.4, -0.2) is 6.18 Å². The number of allylic oxidation sites excluding steroid dienone is 2. The fraction of sp³-hybridized carbons (Fsp3) is 0.444. The second-order valence-electron chi connectivity index (χ2n) is 5.74. The van der Waals surface area contributed by atoms with Gasteiger partial charge < -0.3 is 0 Å². The molecule has 0 saturated heterocycles. The third kappa shape index (κ3) is 4.82. The van der Waals surface area contributed by atoms with Crippen molar-refractivity contribution in [2.45, 2.75) is 44.7 Å². The van der Waals surface area contributed by atoms with Crippen molar-refractivity contribution in [2.75, 3.05) is 0 Å². The van der Waals surface area contributed by atoms with Gasteiger partial charge >= 0.3 is 6.18 Å². The predicted molar refractivity (Wildman–Crippen MR) is 78.8 cm³/mol. The zero-order valence-corrected chi connectivity index (χ0v) is 12.7. The maximum atomic E-state index is 13.9. The van der Waals surface area contributed by atoms with Crippen LogP contribution in [0.4, 0.5) is 22.0 Å². The number of benzene rings is 1. The molecule has 1 fully saturated rings. The molecular formula is C18H17F5. The molecule has 0 nitrogen and oxygen atoms in total. The van der Waals surface area contributed by atoms with Crippen LogP contribution in [0.2, 0.25) is 0 Å². The zero-order valence-electron chi connectivity index (χ0n) is 12.7. The van der Waals surface area contributed by atoms with Crippen LogP contribution in [0.25, 0.3) is 0 Å². The molecule has 0 aromatic heterocycles. The van der Waals surface area contributed by atoms with E-state index in [9.17, 15) is 22.0 Å². The molecule has 0 aliphatic heterocycles. The summed E-state index contributed by atoms with van der Waals surface area (Å²) < 4.78 is 64.0. The molecule has 0 unspecified atom stereocenters. The van der Waals surface area contributed by atoms with Crippen molar-refractivity contribution in [3.05, 3.63) is 47.0 Å². The molecule has 1 aliphatic carbocycles. The van der Waals surface area contributed by atoms with Gasteiger partial charge in [-0.05, 0) is 62.1 Å². The van der Waals surface area contributed by atoms with Crippen molar-refractivity contribution in [2.24, 2.45) is 5.92 Å². The van der Waals surface area contributed by atoms with Crippen molar-refractivity contribution in [1.82, 2.24) is 0 Å². The Hall–Kier alpha value is -1.83. The molecule has 0 amide bonds. The lowest BCUT2D eigenvalue weighted by Crippen LogP contribution is -2.12. The Labute approximate surface area is 132 Å². The Balaban J connectivity index is 2.18. The lowest BCUT2D eigenvalue weighted by molar-refractivity contribution is -0.0696. The molecule has 0 spiro atoms. The molecule has 0 radical (unpaired) electrons. The minimum absolute atomic E-state index is 0.0325. The van der Waals surface area contributed by atoms with Gasteiger partial charge in [-0.3, -0.25) is 0 Å². The first-order valence-corrected chi connectivity index (χ1v) is 7.52. The highest BCUT2D eigenvalue weighted by Crippen LogP contribution is 2.37. The third-order valence-corrected chi connectivity index (χ3v) is 4.10. The highest BCUT2D eigenvalue weighted by molar-refractivity contribution is 5.40. The van der Waals surface area contributed by atoms with Crippen LogP contribution in [0, 0.1) is 29.4 Å². The summed E-state index contributed by atoms with van der Waals surface area (Å²) in [5.41, 5.74) is -0.329. The molecule has 1 aliphatic rings. The van der Waals surface area contributed by atoms with Crippen LogP contribution in [0.3, 0.4) is 0 Å². The SMILES string of the molecule is CC=CC1CCC(c2cc(F)c(C#CC(F)(F)F)c(F)c2)CC1. The molecule has 0 bridgehead atoms. The molecule has 23 heavy (non-hydrogen) atoms. The number of hydrogen-bond acceptors (Lipinski definition) is 0. The van der Waals surface area contributed by atoms with E-state index >= 15 is 0 Å². The number of hydrogen-bond donors (Lipinski definition) is 0. The first-order valence-electron chi connectivity index (χ1n) is 7.52. The summed E-state index contributed by atoms with van der Waals surface area (Å²) in [5, 5.41) is 0. The zero-order chi connectivity index (χ0) is 17.0. The Morgan fingerprint density at radius 2 is 1.61 bits per heavy atom. The van der Waals surface area contributed by atoms with Gasteiger partial charge in [-0.2, -0.15) is 13.2 Å². The van der Waals surface area contributed by atoms with E-state index in [-0.39, 0.29) is 5.92 Å². The van der Waals surface area contributed by atoms with Gasteiger partial charge in [0.25, 0.3) is 0 Å². The van der Waals surface area contributed by atoms with E-state index in [0.29, 0.717) is 11.5 Å². The van der Waals surface area contributed by atoms with Gasteiger partial charge in [0.15, 0.2) is 0 Å². The summed E-state index contributed by atoms with van der Waals surface area (Å²) in [6.45, 7) is 1.96. The van der Waals surface area contributed by atoms with Crippen LogP contribution in [0.1, 0.15) is 49.7 Å². The minimum atomic E-state index is -4.78. The average molecular weight is 328 g/mol. The van der Waals surface area contributed by atoms with Crippen LogP contribution in [-0.2, 0) is 0 Å². The van der Waals surface area contributed by atoms with Crippen molar-refractivity contribution < 1.29 is 22.0 Å². The molecule has 2 rings (SSSR count). The summed E-state index contributed by atoms with van der Waals surface area (Å²) in [5.74, 6) is 0.894. The van der Waals surface area contributed by atoms with E-state index in [2.05, 4.69) is 6.08 Å². The second kappa shape index (κ2) is 7.16. The van der Waals surface area contributed by atoms with Crippen molar-refractivity contribution in [3.63, 3.8) is 0 Å². The number of rotatable bonds is 2. The first kappa shape index (κ1) is 17.5. The first-order chi connectivity index (χ1) is 10.8. The van der Waals surface area contributed by atoms with Gasteiger partial charge in [0, 0.05) is 5.92 Å². The number of halogens is 5. The van der Waals surface area contributed by atoms with Gasteiger partial charge in [-0.25, -0.2) is 8.78 Å². The van der Waals surface area contributed by atoms with Crippen LogP contribution < -0.4 is 0 Å². The Morgan fingerprint density at radius 3 is 2.09 bits per heavy atom. The summed E-state index contributed by atoms with van der Waals surface area (Å²) in [6.07, 6.45) is 2.85. The van der Waals surface area contributed by atoms with E-state index < -0.39 is 23.4 Å². The highest BCUT2D eigenvalue weighted by Gasteiger charge is 2.25. The van der Waals surface area contributed by atoms with Crippen LogP contribution in [0.15, 0.2) is 24.3 Å². The van der Waals surface area contributed by atoms with E-state index in [0.717, 1.165) is 43.7 Å². The number of alkyl halides is 3. The highest BCUT2D eigenvalue weighted by atomic mass is 19.4. The normalized spacial score (nSPS) is 22.0. The summed E-state index contributed by atoms with van der Waals surface area (Å²) >= 11 is 0. The maximum Gasteiger partial charge on any atom is 0.458 e. The molecule has 1 saturated carbocycles. The average Bonchev–Trinajstić information content (AvgIpc) is 2.46. The molecule has 124 valence electrons. The summed E-state index contributed by atoms with van der Waals surface area (Å²) in [6, 6.07) is 2.23. The molecule has 1 aromatic carbocycles. The third-order valence-electron chi connectivity index (χ3n) is 4.10. The van der Waals surface area contributed by atoms with Crippen molar-refractivity contribution in [1.29, 1.82) is 0 Å². The Bertz CT molecular complexity index is 615. The standard InChI is InChI=1S/C18H17F5/c1-2-3-12-4-6-13(7-5-12)14-10-16(19)15(17(20)11-14)8-9-18(21,22)23/h2-3,10-13H,4-7H2,1H3. The lowest BCUT2D eigenvalue weighted by atomic mass is 9.78. The van der Waals surface area contributed by atoms with Gasteiger partial charge in [0.1, 0.15) is 11.6 Å². The second-order valence-corrected chi connectivity index (χ2v) is 5.74. The fourth-order valence-corrected chi connectivity index (χ4v) is 3.00. The minimum Gasteiger partial charge on any atom is -0.206 e. The van der Waals surface area contributed by atoms with Gasteiger partial charge in [0.2, 0.25) is 0 Å². The van der Waals surface area contributed by atoms with Gasteiger partial charge in [-0.1, -0.05) is 18.1 Å². The van der Waals surface area contributed by atoms with E-state index in [4.69, 9.17) is 0 Å². The van der Waals surface area contributed by atoms with E-state index in [1.807, 2.05) is 13.0 Å². The fourth-order valence-electron chi connectivity index (χ4n) is 3.00. The van der Waals surface area contributed by atoms with Crippen LogP contribution >= 0.6 is 0 Å². The van der Waals surface area contributed by atoms with Gasteiger partial charge in [-0.15, -0.1) is 0 Å². The molecule has 5 heteroatoms. The van der Waals surface area contributed by atoms with Crippen molar-refractivity contribution >= 4 is 0 Å². The van der Waals surface area contributed by atoms with Gasteiger partial charge in [0.05, 0.1) is 5.56 Å². The quantitative estimate of drug-likeness (QED) is 0.369. The smallest absolute Gasteiger partial charge is 0.206 e. The largest absolute Gasteiger partial charge is 0.458 e. The Kier molecular flexibility index (Phi) is 5.46. The monoisotopic (exact) mass is 328 g/mol. The van der Waals surface area contributed by atoms with E-state index in [1.165, 1.54) is 0 Å². The maximum absolute atomic E-state index is 13.9. The van der Waals surface area contributed by atoms with E-state index in [1.54, 1.807) is 5.92 Å². The Morgan fingerprint density at radius 1 is 1.04 bits per heavy atom. The van der Waals surface area contributed by atoms with Crippen molar-refractivity contribution in [3.8, 4) is 11.8 Å².